The minimum atomic E-state index is -0.667. The van der Waals surface area contributed by atoms with Crippen molar-refractivity contribution in [2.45, 2.75) is 136 Å². The van der Waals surface area contributed by atoms with E-state index >= 15 is 0 Å². The van der Waals surface area contributed by atoms with Crippen molar-refractivity contribution < 1.29 is 28.5 Å². The molecule has 16 rings (SSSR count). The number of rotatable bonds is 32. The number of hydrogen-bond acceptors (Lipinski definition) is 8. The van der Waals surface area contributed by atoms with E-state index in [0.29, 0.717) is 50.0 Å². The Morgan fingerprint density at radius 1 is 0.432 bits per heavy atom. The average Bonchev–Trinajstić information content (AvgIpc) is 1.52. The number of anilines is 3. The van der Waals surface area contributed by atoms with Gasteiger partial charge in [0.25, 0.3) is 0 Å². The number of fused-ring (bicyclic) bond motifs is 8. The molecule has 0 saturated heterocycles. The highest BCUT2D eigenvalue weighted by Gasteiger charge is 2.47. The molecule has 9 nitrogen and oxygen atoms in total. The van der Waals surface area contributed by atoms with E-state index in [1.165, 1.54) is 115 Å². The molecule has 2 atom stereocenters. The third-order valence-electron chi connectivity index (χ3n) is 23.2. The Labute approximate surface area is 695 Å². The lowest BCUT2D eigenvalue weighted by Gasteiger charge is -2.34. The van der Waals surface area contributed by atoms with E-state index in [1.807, 2.05) is 30.3 Å². The molecule has 0 saturated carbocycles. The molecule has 2 aliphatic carbocycles. The predicted molar refractivity (Wildman–Crippen MR) is 477 cm³/mol. The zero-order valence-corrected chi connectivity index (χ0v) is 68.0. The SMILES string of the molecule is C#CC#CC#CC#CC1(C)c2cc(CCc3ccc4c(c3)Oc3cc(C)ccc3N4c3ccc(CCCC)cc3)ccc2-c2ccc(CCc3ccc4c(c3)C(c3ccc(OCCCCCC)cc3)(c3ccc(OCCOc5ccc(CNCc6ccc(COc7ccc(C(=O)c8ccc[nH]8)cc7)cc6)cc5)cc3)c3cc(C)ccc3-4)cc21. The van der Waals surface area contributed by atoms with Gasteiger partial charge in [-0.2, -0.15) is 0 Å². The highest BCUT2D eigenvalue weighted by atomic mass is 16.5. The summed E-state index contributed by atoms with van der Waals surface area (Å²) in [6.45, 7) is 14.4. The second-order valence-electron chi connectivity index (χ2n) is 31.4. The van der Waals surface area contributed by atoms with Gasteiger partial charge in [0.2, 0.25) is 5.78 Å². The zero-order valence-electron chi connectivity index (χ0n) is 68.0. The first-order valence-electron chi connectivity index (χ1n) is 41.6. The van der Waals surface area contributed by atoms with Gasteiger partial charge in [-0.25, -0.2) is 0 Å². The summed E-state index contributed by atoms with van der Waals surface area (Å²) in [4.78, 5) is 18.0. The lowest BCUT2D eigenvalue weighted by molar-refractivity contribution is 0.103. The van der Waals surface area contributed by atoms with Gasteiger partial charge in [-0.1, -0.05) is 209 Å². The van der Waals surface area contributed by atoms with Crippen molar-refractivity contribution >= 4 is 22.8 Å². The van der Waals surface area contributed by atoms with Crippen molar-refractivity contribution in [3.8, 4) is 105 Å². The molecular formula is C109H97N3O6. The van der Waals surface area contributed by atoms with Gasteiger partial charge in [0.15, 0.2) is 11.5 Å². The number of aromatic nitrogens is 1. The Morgan fingerprint density at radius 2 is 0.898 bits per heavy atom. The van der Waals surface area contributed by atoms with Crippen LogP contribution in [0, 0.1) is 61.7 Å². The van der Waals surface area contributed by atoms with Gasteiger partial charge in [-0.3, -0.25) is 4.79 Å². The van der Waals surface area contributed by atoms with Crippen LogP contribution < -0.4 is 33.9 Å². The van der Waals surface area contributed by atoms with E-state index in [9.17, 15) is 4.79 Å². The number of hydrogen-bond donors (Lipinski definition) is 2. The summed E-state index contributed by atoms with van der Waals surface area (Å²) in [5.41, 5.74) is 27.1. The molecule has 2 heterocycles. The first-order valence-corrected chi connectivity index (χ1v) is 41.6. The number of nitrogens with one attached hydrogen (secondary N) is 2. The molecule has 3 aliphatic rings. The molecule has 9 heteroatoms. The van der Waals surface area contributed by atoms with Crippen molar-refractivity contribution in [1.29, 1.82) is 0 Å². The Morgan fingerprint density at radius 3 is 1.50 bits per heavy atom. The number of aryl methyl sites for hydroxylation is 7. The molecule has 0 spiro atoms. The quantitative estimate of drug-likeness (QED) is 0.0245. The Bertz CT molecular complexity index is 6020. The Kier molecular flexibility index (Phi) is 24.1. The van der Waals surface area contributed by atoms with Crippen LogP contribution >= 0.6 is 0 Å². The minimum absolute atomic E-state index is 0.0476. The zero-order chi connectivity index (χ0) is 80.8. The van der Waals surface area contributed by atoms with E-state index < -0.39 is 10.8 Å². The van der Waals surface area contributed by atoms with Gasteiger partial charge in [0.1, 0.15) is 42.8 Å². The summed E-state index contributed by atoms with van der Waals surface area (Å²) in [5, 5.41) is 3.58. The van der Waals surface area contributed by atoms with Crippen LogP contribution in [0.15, 0.2) is 273 Å². The Balaban J connectivity index is 0.597. The normalized spacial score (nSPS) is 14.2. The summed E-state index contributed by atoms with van der Waals surface area (Å²) < 4.78 is 31.9. The number of nitrogens with zero attached hydrogens (tertiary/aromatic N) is 1. The van der Waals surface area contributed by atoms with Crippen LogP contribution in [0.25, 0.3) is 22.3 Å². The number of aromatic amines is 1. The lowest BCUT2D eigenvalue weighted by atomic mass is 9.67. The number of ether oxygens (including phenoxy) is 5. The second-order valence-corrected chi connectivity index (χ2v) is 31.4. The molecule has 2 N–H and O–H groups in total. The molecule has 584 valence electrons. The molecule has 2 unspecified atom stereocenters. The van der Waals surface area contributed by atoms with Crippen LogP contribution in [0.4, 0.5) is 17.1 Å². The summed E-state index contributed by atoms with van der Waals surface area (Å²) in [5.74, 6) is 25.3. The number of ketones is 1. The number of carbonyl (C=O) groups excluding carboxylic acids is 1. The van der Waals surface area contributed by atoms with Crippen LogP contribution in [0.3, 0.4) is 0 Å². The third-order valence-corrected chi connectivity index (χ3v) is 23.2. The molecule has 12 aromatic carbocycles. The first kappa shape index (κ1) is 78.5. The van der Waals surface area contributed by atoms with Crippen molar-refractivity contribution in [3.63, 3.8) is 0 Å². The van der Waals surface area contributed by atoms with E-state index in [4.69, 9.17) is 30.1 Å². The van der Waals surface area contributed by atoms with Gasteiger partial charge in [0, 0.05) is 30.5 Å². The number of unbranched alkanes of at least 4 members (excludes halogenated alkanes) is 4. The lowest BCUT2D eigenvalue weighted by Crippen LogP contribution is -2.29. The minimum Gasteiger partial charge on any atom is -0.494 e. The standard InChI is InChI=1S/C109H97N3O6/c1-7-10-13-15-16-17-62-108(6)98-69-79(36-57-94(98)95-58-37-80(70-99(95)108)26-27-82-39-61-104-106(72-82)118-105-68-77(5)23-60-103(105)112(104)89-46-32-78(33-47-89)20-12-9-3)24-25-81-38-59-97-96-56-22-76(4)67-100(96)109(101(97)71-81,87-42-52-91(53-43-87)114-64-18-14-11-8-2)88-44-54-92(55-45-88)116-66-65-115-90-48-34-84(35-49-90)74-110-73-83-28-30-85(31-29-83)75-117-93-50-40-86(41-51-93)107(113)102-21-19-63-111-102/h1,19,21-23,28-61,63,67-72,110-111H,8-9,11-12,14,18,20,24-27,64-66,73-75H2,2-6H3. The van der Waals surface area contributed by atoms with Crippen molar-refractivity contribution in [1.82, 2.24) is 10.3 Å². The molecular weight excluding hydrogens is 1450 g/mol. The first-order chi connectivity index (χ1) is 57.9. The molecule has 118 heavy (non-hydrogen) atoms. The fraction of sp³-hybridized carbons (Fsp3) is 0.220. The van der Waals surface area contributed by atoms with Crippen LogP contribution in [-0.4, -0.2) is 30.6 Å². The molecule has 0 amide bonds. The molecule has 13 aromatic rings. The van der Waals surface area contributed by atoms with Crippen LogP contribution in [0.5, 0.6) is 34.5 Å². The highest BCUT2D eigenvalue weighted by Crippen LogP contribution is 2.58. The maximum Gasteiger partial charge on any atom is 0.209 e. The monoisotopic (exact) mass is 1540 g/mol. The third kappa shape index (κ3) is 17.3. The van der Waals surface area contributed by atoms with E-state index in [1.54, 1.807) is 24.4 Å². The molecule has 0 bridgehead atoms. The number of benzene rings is 12. The maximum atomic E-state index is 12.7. The second kappa shape index (κ2) is 36.2. The average molecular weight is 1540 g/mol. The number of carbonyl (C=O) groups is 1. The predicted octanol–water partition coefficient (Wildman–Crippen LogP) is 23.9. The van der Waals surface area contributed by atoms with Crippen molar-refractivity contribution in [2.75, 3.05) is 24.7 Å². The van der Waals surface area contributed by atoms with E-state index in [2.05, 4.69) is 310 Å². The van der Waals surface area contributed by atoms with Gasteiger partial charge >= 0.3 is 0 Å². The van der Waals surface area contributed by atoms with Crippen molar-refractivity contribution in [3.05, 3.63) is 373 Å². The molecule has 1 aliphatic heterocycles. The van der Waals surface area contributed by atoms with Crippen LogP contribution in [0.2, 0.25) is 0 Å². The van der Waals surface area contributed by atoms with Crippen LogP contribution in [0.1, 0.15) is 164 Å². The summed E-state index contributed by atoms with van der Waals surface area (Å²) in [6, 6.07) is 95.5. The largest absolute Gasteiger partial charge is 0.494 e. The van der Waals surface area contributed by atoms with Gasteiger partial charge in [-0.15, -0.1) is 6.42 Å². The topological polar surface area (TPSA) is 94.3 Å². The molecule has 0 radical (unpaired) electrons. The number of terminal acetylenes is 1. The van der Waals surface area contributed by atoms with E-state index in [-0.39, 0.29) is 5.78 Å². The Hall–Kier alpha value is -13.4. The van der Waals surface area contributed by atoms with Gasteiger partial charge in [-0.05, 0) is 316 Å². The molecule has 1 aromatic heterocycles. The maximum absolute atomic E-state index is 12.7. The van der Waals surface area contributed by atoms with Gasteiger partial charge in [0.05, 0.1) is 34.5 Å². The highest BCUT2D eigenvalue weighted by molar-refractivity contribution is 6.07. The smallest absolute Gasteiger partial charge is 0.209 e. The number of H-pyrrole nitrogens is 1. The summed E-state index contributed by atoms with van der Waals surface area (Å²) in [6.07, 6.45) is 18.5. The molecule has 0 fully saturated rings. The fourth-order valence-electron chi connectivity index (χ4n) is 16.9. The fourth-order valence-corrected chi connectivity index (χ4v) is 16.9. The summed E-state index contributed by atoms with van der Waals surface area (Å²) in [7, 11) is 0. The van der Waals surface area contributed by atoms with Gasteiger partial charge < -0.3 is 38.9 Å². The van der Waals surface area contributed by atoms with E-state index in [0.717, 1.165) is 120 Å². The van der Waals surface area contributed by atoms with Crippen molar-refractivity contribution in [2.24, 2.45) is 0 Å². The summed E-state index contributed by atoms with van der Waals surface area (Å²) >= 11 is 0. The van der Waals surface area contributed by atoms with Crippen LogP contribution in [-0.2, 0) is 62.6 Å².